The molecule has 5 aromatic rings. The van der Waals surface area contributed by atoms with Crippen LogP contribution < -0.4 is 20.7 Å². The van der Waals surface area contributed by atoms with Crippen LogP contribution in [0.2, 0.25) is 5.02 Å². The normalized spacial score (nSPS) is 11.7. The number of nitrogens with one attached hydrogen (secondary N) is 3. The predicted molar refractivity (Wildman–Crippen MR) is 185 cm³/mol. The molecule has 3 amide bonds. The number of hydrogen-bond acceptors (Lipinski definition) is 5. The molecule has 0 radical (unpaired) electrons. The van der Waals surface area contributed by atoms with Crippen molar-refractivity contribution in [1.82, 2.24) is 5.32 Å². The molecular formula is C37H29ClFN3O4S. The Balaban J connectivity index is 1.38. The van der Waals surface area contributed by atoms with E-state index >= 15 is 0 Å². The van der Waals surface area contributed by atoms with Gasteiger partial charge in [-0.1, -0.05) is 78.3 Å². The fraction of sp³-hybridized carbons (Fsp3) is 0.0541. The van der Waals surface area contributed by atoms with Crippen molar-refractivity contribution in [1.29, 1.82) is 0 Å². The van der Waals surface area contributed by atoms with Crippen LogP contribution in [0.4, 0.5) is 15.8 Å². The van der Waals surface area contributed by atoms with E-state index in [0.29, 0.717) is 38.2 Å². The quantitative estimate of drug-likeness (QED) is 0.0973. The maximum atomic E-state index is 13.7. The van der Waals surface area contributed by atoms with Crippen LogP contribution in [-0.4, -0.2) is 24.8 Å². The highest BCUT2D eigenvalue weighted by Crippen LogP contribution is 2.38. The fourth-order valence-corrected chi connectivity index (χ4v) is 5.78. The Morgan fingerprint density at radius 1 is 0.809 bits per heavy atom. The summed E-state index contributed by atoms with van der Waals surface area (Å²) in [6.07, 6.45) is 1.47. The molecule has 0 fully saturated rings. The Morgan fingerprint density at radius 2 is 1.51 bits per heavy atom. The number of hydrogen-bond donors (Lipinski definition) is 3. The molecule has 5 rings (SSSR count). The van der Waals surface area contributed by atoms with Crippen LogP contribution in [-0.2, 0) is 9.59 Å². The molecule has 1 unspecified atom stereocenters. The topological polar surface area (TPSA) is 96.5 Å². The van der Waals surface area contributed by atoms with Crippen LogP contribution >= 0.6 is 23.4 Å². The Morgan fingerprint density at radius 3 is 2.21 bits per heavy atom. The van der Waals surface area contributed by atoms with Crippen molar-refractivity contribution in [3.8, 4) is 5.75 Å². The van der Waals surface area contributed by atoms with Gasteiger partial charge in [-0.2, -0.15) is 0 Å². The Hall–Kier alpha value is -5.38. The number of ether oxygens (including phenoxy) is 1. The van der Waals surface area contributed by atoms with E-state index in [0.717, 1.165) is 5.56 Å². The molecule has 0 bridgehead atoms. The van der Waals surface area contributed by atoms with E-state index in [-0.39, 0.29) is 11.6 Å². The number of benzene rings is 5. The van der Waals surface area contributed by atoms with Crippen molar-refractivity contribution in [2.45, 2.75) is 10.1 Å². The molecule has 0 spiro atoms. The molecule has 0 aliphatic carbocycles. The zero-order valence-electron chi connectivity index (χ0n) is 25.1. The summed E-state index contributed by atoms with van der Waals surface area (Å²) in [6, 6.07) is 35.3. The van der Waals surface area contributed by atoms with E-state index in [1.807, 2.05) is 36.4 Å². The molecule has 0 heterocycles. The summed E-state index contributed by atoms with van der Waals surface area (Å²) < 4.78 is 18.9. The Bertz CT molecular complexity index is 1900. The number of anilines is 2. The highest BCUT2D eigenvalue weighted by molar-refractivity contribution is 8.00. The van der Waals surface area contributed by atoms with Crippen LogP contribution in [0, 0.1) is 5.82 Å². The first-order valence-electron chi connectivity index (χ1n) is 14.4. The lowest BCUT2D eigenvalue weighted by atomic mass is 10.1. The third kappa shape index (κ3) is 9.09. The maximum Gasteiger partial charge on any atom is 0.272 e. The summed E-state index contributed by atoms with van der Waals surface area (Å²) >= 11 is 7.48. The number of thioether (sulfide) groups is 1. The third-order valence-corrected chi connectivity index (χ3v) is 8.30. The second-order valence-corrected chi connectivity index (χ2v) is 11.8. The molecule has 10 heteroatoms. The summed E-state index contributed by atoms with van der Waals surface area (Å²) in [5.41, 5.74) is 2.47. The highest BCUT2D eigenvalue weighted by atomic mass is 35.5. The van der Waals surface area contributed by atoms with Gasteiger partial charge in [-0.05, 0) is 77.9 Å². The zero-order valence-corrected chi connectivity index (χ0v) is 26.6. The maximum absolute atomic E-state index is 13.7. The molecule has 236 valence electrons. The molecule has 0 aliphatic rings. The lowest BCUT2D eigenvalue weighted by molar-refractivity contribution is -0.116. The summed E-state index contributed by atoms with van der Waals surface area (Å²) in [5.74, 6) is -1.33. The minimum Gasteiger partial charge on any atom is -0.495 e. The van der Waals surface area contributed by atoms with E-state index in [9.17, 15) is 18.8 Å². The molecule has 0 aromatic heterocycles. The first-order valence-corrected chi connectivity index (χ1v) is 15.7. The van der Waals surface area contributed by atoms with Crippen LogP contribution in [0.1, 0.15) is 26.7 Å². The minimum absolute atomic E-state index is 0.0412. The van der Waals surface area contributed by atoms with Gasteiger partial charge in [0.25, 0.3) is 11.8 Å². The van der Waals surface area contributed by atoms with Gasteiger partial charge in [0.15, 0.2) is 0 Å². The van der Waals surface area contributed by atoms with Gasteiger partial charge < -0.3 is 20.7 Å². The molecule has 1 atom stereocenters. The number of halogens is 2. The number of carbonyl (C=O) groups is 3. The van der Waals surface area contributed by atoms with E-state index in [1.54, 1.807) is 66.7 Å². The van der Waals surface area contributed by atoms with Crippen LogP contribution in [0.3, 0.4) is 0 Å². The van der Waals surface area contributed by atoms with Gasteiger partial charge in [-0.15, -0.1) is 11.8 Å². The third-order valence-electron chi connectivity index (χ3n) is 6.82. The number of amides is 3. The minimum atomic E-state index is -0.676. The SMILES string of the molecule is COc1ccc(Cl)cc1NC(=O)C(Sc1cccc(NC(=O)/C(=C\c2ccc(F)cc2)NC(=O)c2ccccc2)c1)c1ccccc1. The fourth-order valence-electron chi connectivity index (χ4n) is 4.53. The standard InChI is InChI=1S/C37H29ClFN3O4S/c1-46-33-20-17-27(38)22-31(33)41-37(45)34(25-9-4-2-5-10-25)47-30-14-8-13-29(23-30)40-36(44)32(21-24-15-18-28(39)19-16-24)42-35(43)26-11-6-3-7-12-26/h2-23,34H,1H3,(H,40,44)(H,41,45)(H,42,43)/b32-21+. The highest BCUT2D eigenvalue weighted by Gasteiger charge is 2.24. The van der Waals surface area contributed by atoms with Crippen molar-refractivity contribution < 1.29 is 23.5 Å². The van der Waals surface area contributed by atoms with Crippen molar-refractivity contribution in [2.75, 3.05) is 17.7 Å². The molecule has 0 saturated heterocycles. The summed E-state index contributed by atoms with van der Waals surface area (Å²) in [6.45, 7) is 0. The largest absolute Gasteiger partial charge is 0.495 e. The summed E-state index contributed by atoms with van der Waals surface area (Å²) in [7, 11) is 1.51. The van der Waals surface area contributed by atoms with Gasteiger partial charge in [-0.25, -0.2) is 4.39 Å². The molecule has 3 N–H and O–H groups in total. The molecule has 7 nitrogen and oxygen atoms in total. The van der Waals surface area contributed by atoms with Gasteiger partial charge in [0.2, 0.25) is 5.91 Å². The Labute approximate surface area is 280 Å². The molecule has 47 heavy (non-hydrogen) atoms. The lowest BCUT2D eigenvalue weighted by Crippen LogP contribution is -2.30. The van der Waals surface area contributed by atoms with Crippen LogP contribution in [0.25, 0.3) is 6.08 Å². The number of methoxy groups -OCH3 is 1. The number of rotatable bonds is 11. The first-order chi connectivity index (χ1) is 22.8. The second-order valence-electron chi connectivity index (χ2n) is 10.2. The van der Waals surface area contributed by atoms with Crippen molar-refractivity contribution in [3.05, 3.63) is 161 Å². The monoisotopic (exact) mass is 665 g/mol. The Kier molecular flexibility index (Phi) is 11.1. The molecule has 0 aliphatic heterocycles. The molecule has 0 saturated carbocycles. The van der Waals surface area contributed by atoms with E-state index in [4.69, 9.17) is 16.3 Å². The van der Waals surface area contributed by atoms with Crippen LogP contribution in [0.15, 0.2) is 138 Å². The molecular weight excluding hydrogens is 637 g/mol. The van der Waals surface area contributed by atoms with Crippen molar-refractivity contribution >= 4 is 58.5 Å². The second kappa shape index (κ2) is 15.8. The summed E-state index contributed by atoms with van der Waals surface area (Å²) in [5, 5.41) is 8.21. The number of carbonyl (C=O) groups excluding carboxylic acids is 3. The predicted octanol–water partition coefficient (Wildman–Crippen LogP) is 8.37. The van der Waals surface area contributed by atoms with E-state index in [1.165, 1.54) is 49.2 Å². The zero-order chi connectivity index (χ0) is 33.2. The summed E-state index contributed by atoms with van der Waals surface area (Å²) in [4.78, 5) is 40.9. The average Bonchev–Trinajstić information content (AvgIpc) is 3.09. The van der Waals surface area contributed by atoms with Gasteiger partial charge >= 0.3 is 0 Å². The van der Waals surface area contributed by atoms with Crippen LogP contribution in [0.5, 0.6) is 5.75 Å². The smallest absolute Gasteiger partial charge is 0.272 e. The first kappa shape index (κ1) is 33.0. The van der Waals surface area contributed by atoms with E-state index < -0.39 is 22.9 Å². The van der Waals surface area contributed by atoms with Gasteiger partial charge in [-0.3, -0.25) is 14.4 Å². The van der Waals surface area contributed by atoms with Gasteiger partial charge in [0.1, 0.15) is 22.5 Å². The lowest BCUT2D eigenvalue weighted by Gasteiger charge is -2.19. The average molecular weight is 666 g/mol. The van der Waals surface area contributed by atoms with Gasteiger partial charge in [0.05, 0.1) is 12.8 Å². The molecule has 5 aromatic carbocycles. The van der Waals surface area contributed by atoms with E-state index in [2.05, 4.69) is 16.0 Å². The van der Waals surface area contributed by atoms with Gasteiger partial charge in [0, 0.05) is 21.2 Å². The van der Waals surface area contributed by atoms with Crippen molar-refractivity contribution in [2.24, 2.45) is 0 Å². The van der Waals surface area contributed by atoms with Crippen molar-refractivity contribution in [3.63, 3.8) is 0 Å².